The lowest BCUT2D eigenvalue weighted by Crippen LogP contribution is -2.37. The Hall–Kier alpha value is -0.830. The number of hydrogen-bond acceptors (Lipinski definition) is 2. The van der Waals surface area contributed by atoms with Crippen LogP contribution in [0.1, 0.15) is 25.7 Å². The Morgan fingerprint density at radius 2 is 2.46 bits per heavy atom. The molecule has 0 saturated carbocycles. The highest BCUT2D eigenvalue weighted by atomic mass is 16.3. The molecule has 1 N–H and O–H groups in total. The summed E-state index contributed by atoms with van der Waals surface area (Å²) in [6.45, 7) is 4.48. The lowest BCUT2D eigenvalue weighted by atomic mass is 10.2. The molecular weight excluding hydrogens is 166 g/mol. The standard InChI is InChI=1S/C10H17NO2/c1-2-3-6-10(13)11-7-4-5-9(11)8-12/h2,9,12H,1,3-8H2/t9-/m0/s1. The fourth-order valence-corrected chi connectivity index (χ4v) is 1.72. The summed E-state index contributed by atoms with van der Waals surface area (Å²) in [7, 11) is 0. The monoisotopic (exact) mass is 183 g/mol. The summed E-state index contributed by atoms with van der Waals surface area (Å²) < 4.78 is 0. The maximum Gasteiger partial charge on any atom is 0.223 e. The van der Waals surface area contributed by atoms with E-state index in [1.54, 1.807) is 11.0 Å². The predicted octanol–water partition coefficient (Wildman–Crippen LogP) is 0.936. The third-order valence-electron chi connectivity index (χ3n) is 2.47. The van der Waals surface area contributed by atoms with Gasteiger partial charge < -0.3 is 10.0 Å². The van der Waals surface area contributed by atoms with Crippen molar-refractivity contribution in [3.05, 3.63) is 12.7 Å². The van der Waals surface area contributed by atoms with E-state index in [0.717, 1.165) is 25.8 Å². The maximum absolute atomic E-state index is 11.5. The van der Waals surface area contributed by atoms with Crippen molar-refractivity contribution in [1.82, 2.24) is 4.90 Å². The van der Waals surface area contributed by atoms with Crippen LogP contribution >= 0.6 is 0 Å². The van der Waals surface area contributed by atoms with Crippen LogP contribution in [0, 0.1) is 0 Å². The molecule has 0 bridgehead atoms. The van der Waals surface area contributed by atoms with Crippen molar-refractivity contribution in [3.8, 4) is 0 Å². The lowest BCUT2D eigenvalue weighted by Gasteiger charge is -2.22. The number of nitrogens with zero attached hydrogens (tertiary/aromatic N) is 1. The predicted molar refractivity (Wildman–Crippen MR) is 51.3 cm³/mol. The summed E-state index contributed by atoms with van der Waals surface area (Å²) in [6.07, 6.45) is 4.97. The molecule has 0 radical (unpaired) electrons. The molecule has 74 valence electrons. The Labute approximate surface area is 79.0 Å². The van der Waals surface area contributed by atoms with Crippen LogP contribution in [0.25, 0.3) is 0 Å². The number of hydrogen-bond donors (Lipinski definition) is 1. The molecule has 0 unspecified atom stereocenters. The Morgan fingerprint density at radius 3 is 3.08 bits per heavy atom. The fourth-order valence-electron chi connectivity index (χ4n) is 1.72. The first-order chi connectivity index (χ1) is 6.29. The van der Waals surface area contributed by atoms with Gasteiger partial charge in [-0.2, -0.15) is 0 Å². The Morgan fingerprint density at radius 1 is 1.69 bits per heavy atom. The van der Waals surface area contributed by atoms with Crippen molar-refractivity contribution in [1.29, 1.82) is 0 Å². The molecule has 1 saturated heterocycles. The molecule has 1 rings (SSSR count). The molecule has 1 atom stereocenters. The van der Waals surface area contributed by atoms with E-state index in [2.05, 4.69) is 6.58 Å². The molecule has 0 aromatic carbocycles. The van der Waals surface area contributed by atoms with Gasteiger partial charge in [0.15, 0.2) is 0 Å². The number of rotatable bonds is 4. The van der Waals surface area contributed by atoms with E-state index in [-0.39, 0.29) is 18.6 Å². The first-order valence-corrected chi connectivity index (χ1v) is 4.80. The summed E-state index contributed by atoms with van der Waals surface area (Å²) in [5.74, 6) is 0.149. The van der Waals surface area contributed by atoms with Crippen molar-refractivity contribution in [2.75, 3.05) is 13.2 Å². The van der Waals surface area contributed by atoms with Crippen LogP contribution in [0.15, 0.2) is 12.7 Å². The topological polar surface area (TPSA) is 40.5 Å². The number of carbonyl (C=O) groups is 1. The van der Waals surface area contributed by atoms with Gasteiger partial charge in [-0.25, -0.2) is 0 Å². The van der Waals surface area contributed by atoms with E-state index >= 15 is 0 Å². The van der Waals surface area contributed by atoms with Crippen molar-refractivity contribution in [2.45, 2.75) is 31.7 Å². The molecule has 3 heteroatoms. The number of carbonyl (C=O) groups excluding carboxylic acids is 1. The molecule has 3 nitrogen and oxygen atoms in total. The molecule has 0 aliphatic carbocycles. The van der Waals surface area contributed by atoms with Gasteiger partial charge in [-0.15, -0.1) is 6.58 Å². The van der Waals surface area contributed by atoms with Gasteiger partial charge in [0.05, 0.1) is 12.6 Å². The van der Waals surface area contributed by atoms with Gasteiger partial charge in [0.25, 0.3) is 0 Å². The summed E-state index contributed by atoms with van der Waals surface area (Å²) in [5.41, 5.74) is 0. The van der Waals surface area contributed by atoms with E-state index < -0.39 is 0 Å². The third kappa shape index (κ3) is 2.56. The second-order valence-electron chi connectivity index (χ2n) is 3.39. The normalized spacial score (nSPS) is 21.9. The van der Waals surface area contributed by atoms with Gasteiger partial charge in [-0.1, -0.05) is 6.08 Å². The summed E-state index contributed by atoms with van der Waals surface area (Å²) >= 11 is 0. The quantitative estimate of drug-likeness (QED) is 0.659. The molecule has 0 spiro atoms. The van der Waals surface area contributed by atoms with Gasteiger partial charge in [0.1, 0.15) is 0 Å². The highest BCUT2D eigenvalue weighted by Crippen LogP contribution is 2.17. The molecule has 1 amide bonds. The zero-order valence-corrected chi connectivity index (χ0v) is 7.91. The Kier molecular flexibility index (Phi) is 3.96. The molecule has 1 aliphatic rings. The Bertz CT molecular complexity index is 191. The van der Waals surface area contributed by atoms with Gasteiger partial charge in [-0.05, 0) is 19.3 Å². The van der Waals surface area contributed by atoms with Gasteiger partial charge in [-0.3, -0.25) is 4.79 Å². The molecule has 1 heterocycles. The van der Waals surface area contributed by atoms with Crippen molar-refractivity contribution < 1.29 is 9.90 Å². The molecular formula is C10H17NO2. The minimum Gasteiger partial charge on any atom is -0.394 e. The third-order valence-corrected chi connectivity index (χ3v) is 2.47. The molecule has 1 aliphatic heterocycles. The van der Waals surface area contributed by atoms with Gasteiger partial charge >= 0.3 is 0 Å². The average Bonchev–Trinajstić information content (AvgIpc) is 2.61. The van der Waals surface area contributed by atoms with Gasteiger partial charge in [0.2, 0.25) is 5.91 Å². The minimum absolute atomic E-state index is 0.0670. The Balaban J connectivity index is 2.40. The largest absolute Gasteiger partial charge is 0.394 e. The van der Waals surface area contributed by atoms with E-state index in [1.807, 2.05) is 0 Å². The lowest BCUT2D eigenvalue weighted by molar-refractivity contribution is -0.132. The summed E-state index contributed by atoms with van der Waals surface area (Å²) in [5, 5.41) is 9.00. The van der Waals surface area contributed by atoms with Crippen LogP contribution in [0.5, 0.6) is 0 Å². The van der Waals surface area contributed by atoms with E-state index in [9.17, 15) is 4.79 Å². The summed E-state index contributed by atoms with van der Waals surface area (Å²) in [4.78, 5) is 13.3. The first-order valence-electron chi connectivity index (χ1n) is 4.80. The van der Waals surface area contributed by atoms with Crippen molar-refractivity contribution >= 4 is 5.91 Å². The van der Waals surface area contributed by atoms with Crippen LogP contribution in [-0.2, 0) is 4.79 Å². The molecule has 13 heavy (non-hydrogen) atoms. The van der Waals surface area contributed by atoms with E-state index in [0.29, 0.717) is 6.42 Å². The molecule has 1 fully saturated rings. The van der Waals surface area contributed by atoms with Crippen molar-refractivity contribution in [2.24, 2.45) is 0 Å². The number of allylic oxidation sites excluding steroid dienone is 1. The van der Waals surface area contributed by atoms with Crippen LogP contribution in [-0.4, -0.2) is 35.1 Å². The smallest absolute Gasteiger partial charge is 0.223 e. The number of amides is 1. The highest BCUT2D eigenvalue weighted by molar-refractivity contribution is 5.76. The molecule has 0 aromatic rings. The van der Waals surface area contributed by atoms with Gasteiger partial charge in [0, 0.05) is 13.0 Å². The summed E-state index contributed by atoms with van der Waals surface area (Å²) in [6, 6.07) is 0.0670. The van der Waals surface area contributed by atoms with Crippen LogP contribution in [0.4, 0.5) is 0 Å². The van der Waals surface area contributed by atoms with Crippen molar-refractivity contribution in [3.63, 3.8) is 0 Å². The van der Waals surface area contributed by atoms with Crippen LogP contribution in [0.2, 0.25) is 0 Å². The highest BCUT2D eigenvalue weighted by Gasteiger charge is 2.26. The minimum atomic E-state index is 0.0670. The van der Waals surface area contributed by atoms with Crippen LogP contribution < -0.4 is 0 Å². The van der Waals surface area contributed by atoms with E-state index in [4.69, 9.17) is 5.11 Å². The zero-order valence-electron chi connectivity index (χ0n) is 7.91. The fraction of sp³-hybridized carbons (Fsp3) is 0.700. The van der Waals surface area contributed by atoms with E-state index in [1.165, 1.54) is 0 Å². The second-order valence-corrected chi connectivity index (χ2v) is 3.39. The second kappa shape index (κ2) is 5.02. The number of likely N-dealkylation sites (tertiary alicyclic amines) is 1. The zero-order chi connectivity index (χ0) is 9.68. The molecule has 0 aromatic heterocycles. The first kappa shape index (κ1) is 10.3. The SMILES string of the molecule is C=CCCC(=O)N1CCC[C@H]1CO. The average molecular weight is 183 g/mol. The van der Waals surface area contributed by atoms with Crippen LogP contribution in [0.3, 0.4) is 0 Å². The number of aliphatic hydroxyl groups is 1. The maximum atomic E-state index is 11.5. The number of aliphatic hydroxyl groups excluding tert-OH is 1.